The van der Waals surface area contributed by atoms with Gasteiger partial charge in [0.1, 0.15) is 0 Å². The molecular weight excluding hydrogens is 226 g/mol. The second kappa shape index (κ2) is 7.88. The average molecular weight is 249 g/mol. The summed E-state index contributed by atoms with van der Waals surface area (Å²) in [5, 5.41) is 11.7. The van der Waals surface area contributed by atoms with Crippen LogP contribution in [0, 0.1) is 0 Å². The first-order chi connectivity index (χ1) is 8.67. The van der Waals surface area contributed by atoms with Crippen molar-refractivity contribution < 1.29 is 9.90 Å². The predicted molar refractivity (Wildman–Crippen MR) is 73.7 cm³/mol. The number of unbranched alkanes of at least 4 members (excludes halogenated alkanes) is 2. The highest BCUT2D eigenvalue weighted by atomic mass is 16.3. The number of aryl methyl sites for hydroxylation is 1. The lowest BCUT2D eigenvalue weighted by Crippen LogP contribution is -2.34. The zero-order valence-corrected chi connectivity index (χ0v) is 11.3. The molecule has 0 saturated heterocycles. The first-order valence-corrected chi connectivity index (χ1v) is 6.68. The summed E-state index contributed by atoms with van der Waals surface area (Å²) in [5.74, 6) is -0.117. The van der Waals surface area contributed by atoms with Crippen LogP contribution in [0.4, 0.5) is 0 Å². The topological polar surface area (TPSA) is 49.3 Å². The molecule has 100 valence electrons. The van der Waals surface area contributed by atoms with Gasteiger partial charge in [-0.1, -0.05) is 31.9 Å². The van der Waals surface area contributed by atoms with E-state index in [4.69, 9.17) is 5.11 Å². The summed E-state index contributed by atoms with van der Waals surface area (Å²) in [4.78, 5) is 11.9. The van der Waals surface area contributed by atoms with Gasteiger partial charge in [-0.25, -0.2) is 0 Å². The maximum absolute atomic E-state index is 11.9. The van der Waals surface area contributed by atoms with E-state index in [0.29, 0.717) is 5.56 Å². The Hall–Kier alpha value is -1.35. The summed E-state index contributed by atoms with van der Waals surface area (Å²) in [6.45, 7) is 3.92. The van der Waals surface area contributed by atoms with Crippen molar-refractivity contribution in [2.75, 3.05) is 6.61 Å². The molecule has 0 heterocycles. The van der Waals surface area contributed by atoms with Gasteiger partial charge in [0.15, 0.2) is 0 Å². The fourth-order valence-corrected chi connectivity index (χ4v) is 1.80. The molecule has 1 aromatic rings. The first kappa shape index (κ1) is 14.7. The number of carbonyl (C=O) groups excluding carboxylic acids is 1. The molecule has 0 saturated carbocycles. The molecular formula is C15H23NO2. The SMILES string of the molecule is CCCCCc1cccc(C(=O)NC(C)CO)c1. The smallest absolute Gasteiger partial charge is 0.251 e. The summed E-state index contributed by atoms with van der Waals surface area (Å²) in [7, 11) is 0. The number of hydrogen-bond donors (Lipinski definition) is 2. The van der Waals surface area contributed by atoms with Gasteiger partial charge in [0.05, 0.1) is 6.61 Å². The Balaban J connectivity index is 2.60. The van der Waals surface area contributed by atoms with Crippen LogP contribution >= 0.6 is 0 Å². The van der Waals surface area contributed by atoms with Crippen molar-refractivity contribution in [3.8, 4) is 0 Å². The fourth-order valence-electron chi connectivity index (χ4n) is 1.80. The van der Waals surface area contributed by atoms with Crippen molar-refractivity contribution in [2.24, 2.45) is 0 Å². The molecule has 0 aliphatic rings. The van der Waals surface area contributed by atoms with E-state index >= 15 is 0 Å². The highest BCUT2D eigenvalue weighted by Crippen LogP contribution is 2.10. The Morgan fingerprint density at radius 2 is 2.17 bits per heavy atom. The molecule has 0 radical (unpaired) electrons. The first-order valence-electron chi connectivity index (χ1n) is 6.68. The zero-order chi connectivity index (χ0) is 13.4. The molecule has 1 rings (SSSR count). The van der Waals surface area contributed by atoms with Crippen LogP contribution < -0.4 is 5.32 Å². The number of nitrogens with one attached hydrogen (secondary N) is 1. The van der Waals surface area contributed by atoms with Gasteiger partial charge in [-0.3, -0.25) is 4.79 Å². The molecule has 18 heavy (non-hydrogen) atoms. The quantitative estimate of drug-likeness (QED) is 0.730. The van der Waals surface area contributed by atoms with Crippen molar-refractivity contribution in [1.29, 1.82) is 0 Å². The normalized spacial score (nSPS) is 12.2. The van der Waals surface area contributed by atoms with Gasteiger partial charge in [-0.15, -0.1) is 0 Å². The van der Waals surface area contributed by atoms with Gasteiger partial charge in [0.25, 0.3) is 5.91 Å². The van der Waals surface area contributed by atoms with E-state index in [-0.39, 0.29) is 18.6 Å². The molecule has 0 spiro atoms. The molecule has 0 aliphatic carbocycles. The summed E-state index contributed by atoms with van der Waals surface area (Å²) < 4.78 is 0. The molecule has 1 atom stereocenters. The van der Waals surface area contributed by atoms with E-state index in [0.717, 1.165) is 12.8 Å². The Morgan fingerprint density at radius 1 is 1.39 bits per heavy atom. The van der Waals surface area contributed by atoms with Gasteiger partial charge >= 0.3 is 0 Å². The third kappa shape index (κ3) is 4.88. The number of hydrogen-bond acceptors (Lipinski definition) is 2. The van der Waals surface area contributed by atoms with Crippen LogP contribution in [0.15, 0.2) is 24.3 Å². The minimum atomic E-state index is -0.207. The van der Waals surface area contributed by atoms with Crippen molar-refractivity contribution in [3.05, 3.63) is 35.4 Å². The summed E-state index contributed by atoms with van der Waals surface area (Å²) in [6, 6.07) is 7.51. The summed E-state index contributed by atoms with van der Waals surface area (Å²) in [6.07, 6.45) is 4.60. The maximum atomic E-state index is 11.9. The minimum Gasteiger partial charge on any atom is -0.394 e. The lowest BCUT2D eigenvalue weighted by Gasteiger charge is -2.11. The van der Waals surface area contributed by atoms with Crippen molar-refractivity contribution in [1.82, 2.24) is 5.32 Å². The van der Waals surface area contributed by atoms with Crippen LogP contribution in [0.3, 0.4) is 0 Å². The molecule has 0 aliphatic heterocycles. The number of carbonyl (C=O) groups is 1. The van der Waals surface area contributed by atoms with E-state index in [1.165, 1.54) is 18.4 Å². The van der Waals surface area contributed by atoms with Crippen molar-refractivity contribution in [3.63, 3.8) is 0 Å². The van der Waals surface area contributed by atoms with E-state index in [1.54, 1.807) is 6.92 Å². The van der Waals surface area contributed by atoms with Gasteiger partial charge in [-0.05, 0) is 37.5 Å². The van der Waals surface area contributed by atoms with E-state index in [1.807, 2.05) is 18.2 Å². The number of rotatable bonds is 7. The Bertz CT molecular complexity index is 377. The van der Waals surface area contributed by atoms with Gasteiger partial charge in [-0.2, -0.15) is 0 Å². The number of aliphatic hydroxyl groups is 1. The second-order valence-corrected chi connectivity index (χ2v) is 4.71. The lowest BCUT2D eigenvalue weighted by atomic mass is 10.0. The number of amides is 1. The van der Waals surface area contributed by atoms with Crippen LogP contribution in [-0.2, 0) is 6.42 Å². The van der Waals surface area contributed by atoms with Crippen LogP contribution in [0.1, 0.15) is 49.0 Å². The summed E-state index contributed by atoms with van der Waals surface area (Å²) >= 11 is 0. The fraction of sp³-hybridized carbons (Fsp3) is 0.533. The monoisotopic (exact) mass is 249 g/mol. The maximum Gasteiger partial charge on any atom is 0.251 e. The third-order valence-corrected chi connectivity index (χ3v) is 2.91. The molecule has 0 bridgehead atoms. The molecule has 1 aromatic carbocycles. The molecule has 3 nitrogen and oxygen atoms in total. The van der Waals surface area contributed by atoms with Gasteiger partial charge in [0.2, 0.25) is 0 Å². The Morgan fingerprint density at radius 3 is 2.83 bits per heavy atom. The molecule has 1 amide bonds. The largest absolute Gasteiger partial charge is 0.394 e. The van der Waals surface area contributed by atoms with Crippen LogP contribution in [0.5, 0.6) is 0 Å². The second-order valence-electron chi connectivity index (χ2n) is 4.71. The minimum absolute atomic E-state index is 0.0398. The van der Waals surface area contributed by atoms with E-state index in [9.17, 15) is 4.79 Å². The molecule has 1 unspecified atom stereocenters. The summed E-state index contributed by atoms with van der Waals surface area (Å²) in [5.41, 5.74) is 1.87. The third-order valence-electron chi connectivity index (χ3n) is 2.91. The predicted octanol–water partition coefficient (Wildman–Crippen LogP) is 2.53. The Kier molecular flexibility index (Phi) is 6.44. The van der Waals surface area contributed by atoms with Gasteiger partial charge < -0.3 is 10.4 Å². The number of aliphatic hydroxyl groups excluding tert-OH is 1. The van der Waals surface area contributed by atoms with Crippen molar-refractivity contribution >= 4 is 5.91 Å². The van der Waals surface area contributed by atoms with Crippen LogP contribution in [0.2, 0.25) is 0 Å². The van der Waals surface area contributed by atoms with E-state index < -0.39 is 0 Å². The van der Waals surface area contributed by atoms with E-state index in [2.05, 4.69) is 18.3 Å². The van der Waals surface area contributed by atoms with Crippen molar-refractivity contribution in [2.45, 2.75) is 45.6 Å². The molecule has 0 fully saturated rings. The molecule has 0 aromatic heterocycles. The lowest BCUT2D eigenvalue weighted by molar-refractivity contribution is 0.0922. The standard InChI is InChI=1S/C15H23NO2/c1-3-4-5-7-13-8-6-9-14(10-13)15(18)16-12(2)11-17/h6,8-10,12,17H,3-5,7,11H2,1-2H3,(H,16,18). The zero-order valence-electron chi connectivity index (χ0n) is 11.3. The Labute approximate surface area is 109 Å². The highest BCUT2D eigenvalue weighted by Gasteiger charge is 2.09. The average Bonchev–Trinajstić information content (AvgIpc) is 2.39. The van der Waals surface area contributed by atoms with Gasteiger partial charge in [0, 0.05) is 11.6 Å². The highest BCUT2D eigenvalue weighted by molar-refractivity contribution is 5.94. The van der Waals surface area contributed by atoms with Crippen LogP contribution in [-0.4, -0.2) is 23.7 Å². The number of benzene rings is 1. The molecule has 2 N–H and O–H groups in total. The van der Waals surface area contributed by atoms with Crippen LogP contribution in [0.25, 0.3) is 0 Å². The molecule has 3 heteroatoms.